The molecule has 1 saturated carbocycles. The molecule has 6 aromatic rings. The molecule has 0 bridgehead atoms. The maximum atomic E-state index is 12.2. The van der Waals surface area contributed by atoms with Crippen molar-refractivity contribution < 1.29 is 4.79 Å². The zero-order chi connectivity index (χ0) is 23.4. The minimum atomic E-state index is 0.0544. The summed E-state index contributed by atoms with van der Waals surface area (Å²) in [6.07, 6.45) is 8.92. The Bertz CT molecular complexity index is 1710. The second kappa shape index (κ2) is 7.85. The van der Waals surface area contributed by atoms with Crippen LogP contribution in [0.2, 0.25) is 0 Å². The number of nitrogens with zero attached hydrogens (tertiary/aromatic N) is 4. The molecule has 3 N–H and O–H groups in total. The van der Waals surface area contributed by atoms with Gasteiger partial charge in [0.2, 0.25) is 5.91 Å². The molecule has 8 nitrogen and oxygen atoms in total. The largest absolute Gasteiger partial charge is 0.338 e. The fourth-order valence-corrected chi connectivity index (χ4v) is 5.00. The molecule has 0 spiro atoms. The molecule has 0 aromatic carbocycles. The van der Waals surface area contributed by atoms with Gasteiger partial charge in [0.15, 0.2) is 0 Å². The van der Waals surface area contributed by atoms with E-state index in [-0.39, 0.29) is 11.8 Å². The Morgan fingerprint density at radius 2 is 1.97 bits per heavy atom. The Balaban J connectivity index is 1.29. The Hall–Kier alpha value is -4.37. The number of fused-ring (bicyclic) bond motifs is 2. The fourth-order valence-electron chi connectivity index (χ4n) is 4.34. The number of rotatable bonds is 5. The number of anilines is 1. The molecule has 1 aliphatic rings. The van der Waals surface area contributed by atoms with Gasteiger partial charge in [-0.2, -0.15) is 16.4 Å². The van der Waals surface area contributed by atoms with Crippen LogP contribution in [0.25, 0.3) is 55.7 Å². The van der Waals surface area contributed by atoms with E-state index in [0.717, 1.165) is 63.0 Å². The normalized spacial score (nSPS) is 13.5. The molecule has 6 aromatic heterocycles. The zero-order valence-electron chi connectivity index (χ0n) is 18.4. The number of hydrogen-bond donors (Lipinski definition) is 3. The van der Waals surface area contributed by atoms with Crippen LogP contribution in [0.1, 0.15) is 12.8 Å². The van der Waals surface area contributed by atoms with E-state index in [9.17, 15) is 4.79 Å². The van der Waals surface area contributed by atoms with Gasteiger partial charge in [-0.25, -0.2) is 4.98 Å². The maximum Gasteiger partial charge on any atom is 0.227 e. The summed E-state index contributed by atoms with van der Waals surface area (Å²) < 4.78 is 0. The van der Waals surface area contributed by atoms with Crippen LogP contribution in [0.5, 0.6) is 0 Å². The average molecular weight is 478 g/mol. The first-order valence-corrected chi connectivity index (χ1v) is 12.3. The molecule has 35 heavy (non-hydrogen) atoms. The van der Waals surface area contributed by atoms with E-state index >= 15 is 0 Å². The minimum Gasteiger partial charge on any atom is -0.338 e. The highest BCUT2D eigenvalue weighted by atomic mass is 32.1. The molecule has 0 unspecified atom stereocenters. The fraction of sp³-hybridized carbons (Fsp3) is 0.115. The van der Waals surface area contributed by atoms with Crippen LogP contribution in [0, 0.1) is 5.92 Å². The summed E-state index contributed by atoms with van der Waals surface area (Å²) in [5.41, 5.74) is 7.89. The molecule has 1 amide bonds. The van der Waals surface area contributed by atoms with E-state index in [2.05, 4.69) is 58.3 Å². The van der Waals surface area contributed by atoms with Crippen molar-refractivity contribution in [1.82, 2.24) is 30.1 Å². The van der Waals surface area contributed by atoms with Crippen LogP contribution >= 0.6 is 11.3 Å². The highest BCUT2D eigenvalue weighted by Gasteiger charge is 2.29. The highest BCUT2D eigenvalue weighted by Crippen LogP contribution is 2.35. The number of hydrogen-bond acceptors (Lipinski definition) is 6. The van der Waals surface area contributed by atoms with Crippen molar-refractivity contribution in [3.63, 3.8) is 0 Å². The molecule has 170 valence electrons. The van der Waals surface area contributed by atoms with Crippen LogP contribution in [0.4, 0.5) is 5.69 Å². The summed E-state index contributed by atoms with van der Waals surface area (Å²) in [4.78, 5) is 29.0. The summed E-state index contributed by atoms with van der Waals surface area (Å²) in [5, 5.41) is 16.8. The highest BCUT2D eigenvalue weighted by molar-refractivity contribution is 7.08. The smallest absolute Gasteiger partial charge is 0.227 e. The van der Waals surface area contributed by atoms with E-state index < -0.39 is 0 Å². The van der Waals surface area contributed by atoms with Crippen LogP contribution in [-0.2, 0) is 4.79 Å². The predicted molar refractivity (Wildman–Crippen MR) is 137 cm³/mol. The van der Waals surface area contributed by atoms with E-state index in [1.54, 1.807) is 29.9 Å². The van der Waals surface area contributed by atoms with Crippen molar-refractivity contribution in [2.75, 3.05) is 5.32 Å². The summed E-state index contributed by atoms with van der Waals surface area (Å²) in [6, 6.07) is 10.1. The molecule has 9 heteroatoms. The minimum absolute atomic E-state index is 0.0544. The van der Waals surface area contributed by atoms with Crippen molar-refractivity contribution in [3.8, 4) is 33.8 Å². The van der Waals surface area contributed by atoms with Gasteiger partial charge >= 0.3 is 0 Å². The number of aromatic amines is 2. The standard InChI is InChI=1S/C26H19N7OS/c34-26(14-1-2-14)30-17-7-16(10-27-11-17)21-9-20-23(12-29-21)32-33-24(20)22-8-19-18(15-4-6-35-13-15)3-5-28-25(19)31-22/h3-14H,1-2H2,(H,28,31)(H,30,34)(H,32,33). The van der Waals surface area contributed by atoms with Gasteiger partial charge in [-0.1, -0.05) is 0 Å². The van der Waals surface area contributed by atoms with Crippen molar-refractivity contribution in [1.29, 1.82) is 0 Å². The Kier molecular flexibility index (Phi) is 4.49. The van der Waals surface area contributed by atoms with Gasteiger partial charge in [0, 0.05) is 34.6 Å². The quantitative estimate of drug-likeness (QED) is 0.297. The van der Waals surface area contributed by atoms with Gasteiger partial charge in [-0.3, -0.25) is 19.9 Å². The summed E-state index contributed by atoms with van der Waals surface area (Å²) >= 11 is 1.67. The Morgan fingerprint density at radius 3 is 2.83 bits per heavy atom. The molecule has 0 radical (unpaired) electrons. The van der Waals surface area contributed by atoms with E-state index in [1.807, 2.05) is 24.4 Å². The maximum absolute atomic E-state index is 12.2. The third-order valence-corrected chi connectivity index (χ3v) is 7.00. The van der Waals surface area contributed by atoms with Gasteiger partial charge in [0.05, 0.1) is 35.0 Å². The van der Waals surface area contributed by atoms with Crippen LogP contribution in [0.15, 0.2) is 65.9 Å². The lowest BCUT2D eigenvalue weighted by atomic mass is 10.1. The summed E-state index contributed by atoms with van der Waals surface area (Å²) in [6.45, 7) is 0. The lowest BCUT2D eigenvalue weighted by Crippen LogP contribution is -2.13. The summed E-state index contributed by atoms with van der Waals surface area (Å²) in [5.74, 6) is 0.186. The number of pyridine rings is 3. The van der Waals surface area contributed by atoms with Gasteiger partial charge < -0.3 is 10.3 Å². The first-order valence-electron chi connectivity index (χ1n) is 11.3. The molecule has 1 fully saturated rings. The zero-order valence-corrected chi connectivity index (χ0v) is 19.3. The second-order valence-electron chi connectivity index (χ2n) is 8.73. The van der Waals surface area contributed by atoms with Gasteiger partial charge in [0.1, 0.15) is 11.3 Å². The number of H-pyrrole nitrogens is 2. The molecule has 0 saturated heterocycles. The molecular weight excluding hydrogens is 458 g/mol. The van der Waals surface area contributed by atoms with Crippen LogP contribution < -0.4 is 5.32 Å². The molecule has 7 rings (SSSR count). The molecular formula is C26H19N7OS. The van der Waals surface area contributed by atoms with Crippen molar-refractivity contribution in [2.24, 2.45) is 5.92 Å². The van der Waals surface area contributed by atoms with Crippen molar-refractivity contribution in [3.05, 3.63) is 65.9 Å². The van der Waals surface area contributed by atoms with E-state index in [0.29, 0.717) is 5.69 Å². The molecule has 1 aliphatic carbocycles. The second-order valence-corrected chi connectivity index (χ2v) is 9.51. The number of carbonyl (C=O) groups is 1. The SMILES string of the molecule is O=C(Nc1cncc(-c2cc3c(-c4cc5c(-c6ccsc6)ccnc5[nH]4)n[nH]c3cn2)c1)C1CC1. The van der Waals surface area contributed by atoms with E-state index in [1.165, 1.54) is 5.56 Å². The number of aromatic nitrogens is 6. The lowest BCUT2D eigenvalue weighted by Gasteiger charge is -2.06. The average Bonchev–Trinajstić information content (AvgIpc) is 3.26. The van der Waals surface area contributed by atoms with Crippen molar-refractivity contribution in [2.45, 2.75) is 12.8 Å². The lowest BCUT2D eigenvalue weighted by molar-refractivity contribution is -0.117. The molecule has 0 atom stereocenters. The third kappa shape index (κ3) is 3.57. The monoisotopic (exact) mass is 477 g/mol. The van der Waals surface area contributed by atoms with Gasteiger partial charge in [-0.15, -0.1) is 0 Å². The molecule has 6 heterocycles. The summed E-state index contributed by atoms with van der Waals surface area (Å²) in [7, 11) is 0. The third-order valence-electron chi connectivity index (χ3n) is 6.32. The first kappa shape index (κ1) is 20.0. The molecule has 0 aliphatic heterocycles. The first-order chi connectivity index (χ1) is 17.2. The number of nitrogens with one attached hydrogen (secondary N) is 3. The Morgan fingerprint density at radius 1 is 1.03 bits per heavy atom. The Labute approximate surface area is 203 Å². The van der Waals surface area contributed by atoms with Gasteiger partial charge in [-0.05, 0) is 65.1 Å². The van der Waals surface area contributed by atoms with Crippen LogP contribution in [0.3, 0.4) is 0 Å². The van der Waals surface area contributed by atoms with E-state index in [4.69, 9.17) is 0 Å². The van der Waals surface area contributed by atoms with Gasteiger partial charge in [0.25, 0.3) is 0 Å². The topological polar surface area (TPSA) is 112 Å². The van der Waals surface area contributed by atoms with Crippen LogP contribution in [-0.4, -0.2) is 36.0 Å². The number of carbonyl (C=O) groups excluding carboxylic acids is 1. The number of amides is 1. The predicted octanol–water partition coefficient (Wildman–Crippen LogP) is 5.64. The van der Waals surface area contributed by atoms with Crippen molar-refractivity contribution >= 4 is 44.9 Å². The number of thiophene rings is 1.